The standard InChI is InChI=1S/C15H26O2Si2/c1-16-14-10-8-13(9-11-14)12-15(18(2,3)4)17-19(5,6)7/h8-12H,1-7H3/b15-12-. The predicted octanol–water partition coefficient (Wildman–Crippen LogP) is 4.77. The van der Waals surface area contributed by atoms with Crippen LogP contribution in [0.1, 0.15) is 5.56 Å². The topological polar surface area (TPSA) is 18.5 Å². The Hall–Kier alpha value is -1.01. The molecule has 1 rings (SSSR count). The van der Waals surface area contributed by atoms with Crippen LogP contribution in [-0.4, -0.2) is 23.5 Å². The number of hydrogen-bond acceptors (Lipinski definition) is 2. The third-order valence-electron chi connectivity index (χ3n) is 2.57. The molecule has 0 spiro atoms. The van der Waals surface area contributed by atoms with Crippen LogP contribution in [0.3, 0.4) is 0 Å². The van der Waals surface area contributed by atoms with Crippen molar-refractivity contribution in [1.29, 1.82) is 0 Å². The lowest BCUT2D eigenvalue weighted by Crippen LogP contribution is -2.34. The van der Waals surface area contributed by atoms with Crippen LogP contribution in [0.25, 0.3) is 6.08 Å². The van der Waals surface area contributed by atoms with E-state index in [4.69, 9.17) is 9.16 Å². The van der Waals surface area contributed by atoms with Crippen LogP contribution >= 0.6 is 0 Å². The van der Waals surface area contributed by atoms with E-state index in [1.807, 2.05) is 12.1 Å². The normalized spacial score (nSPS) is 13.3. The molecule has 0 saturated carbocycles. The Morgan fingerprint density at radius 2 is 1.47 bits per heavy atom. The molecule has 0 radical (unpaired) electrons. The smallest absolute Gasteiger partial charge is 0.241 e. The average Bonchev–Trinajstić information content (AvgIpc) is 2.26. The molecular weight excluding hydrogens is 268 g/mol. The van der Waals surface area contributed by atoms with Crippen molar-refractivity contribution in [1.82, 2.24) is 0 Å². The molecule has 0 unspecified atom stereocenters. The molecule has 0 aliphatic rings. The summed E-state index contributed by atoms with van der Waals surface area (Å²) in [7, 11) is -1.33. The summed E-state index contributed by atoms with van der Waals surface area (Å²) in [6.07, 6.45) is 2.20. The molecule has 19 heavy (non-hydrogen) atoms. The van der Waals surface area contributed by atoms with E-state index in [-0.39, 0.29) is 0 Å². The zero-order valence-electron chi connectivity index (χ0n) is 13.2. The van der Waals surface area contributed by atoms with Crippen LogP contribution in [0.5, 0.6) is 5.75 Å². The fourth-order valence-corrected chi connectivity index (χ4v) is 5.04. The molecule has 0 fully saturated rings. The fourth-order valence-electron chi connectivity index (χ4n) is 1.58. The van der Waals surface area contributed by atoms with Gasteiger partial charge in [0.15, 0.2) is 0 Å². The molecule has 1 aromatic rings. The highest BCUT2D eigenvalue weighted by molar-refractivity contribution is 6.84. The molecule has 0 N–H and O–H groups in total. The minimum absolute atomic E-state index is 0.887. The van der Waals surface area contributed by atoms with Gasteiger partial charge in [-0.25, -0.2) is 0 Å². The van der Waals surface area contributed by atoms with E-state index in [2.05, 4.69) is 57.5 Å². The van der Waals surface area contributed by atoms with Crippen molar-refractivity contribution in [2.24, 2.45) is 0 Å². The lowest BCUT2D eigenvalue weighted by molar-refractivity contribution is 0.414. The Kier molecular flexibility index (Phi) is 5.04. The van der Waals surface area contributed by atoms with Crippen molar-refractivity contribution >= 4 is 22.5 Å². The van der Waals surface area contributed by atoms with E-state index in [9.17, 15) is 0 Å². The maximum Gasteiger partial charge on any atom is 0.241 e. The van der Waals surface area contributed by atoms with Crippen LogP contribution < -0.4 is 4.74 Å². The lowest BCUT2D eigenvalue weighted by atomic mass is 10.2. The highest BCUT2D eigenvalue weighted by atomic mass is 28.4. The second-order valence-electron chi connectivity index (χ2n) is 6.75. The van der Waals surface area contributed by atoms with Crippen molar-refractivity contribution in [2.75, 3.05) is 7.11 Å². The highest BCUT2D eigenvalue weighted by Gasteiger charge is 2.27. The van der Waals surface area contributed by atoms with Gasteiger partial charge in [-0.1, -0.05) is 31.8 Å². The van der Waals surface area contributed by atoms with Crippen molar-refractivity contribution < 1.29 is 9.16 Å². The Bertz CT molecular complexity index is 437. The van der Waals surface area contributed by atoms with E-state index >= 15 is 0 Å². The minimum Gasteiger partial charge on any atom is -0.551 e. The Morgan fingerprint density at radius 3 is 1.84 bits per heavy atom. The first-order valence-corrected chi connectivity index (χ1v) is 13.6. The quantitative estimate of drug-likeness (QED) is 0.575. The molecule has 0 heterocycles. The summed E-state index contributed by atoms with van der Waals surface area (Å²) < 4.78 is 11.5. The summed E-state index contributed by atoms with van der Waals surface area (Å²) in [6.45, 7) is 13.7. The third-order valence-corrected chi connectivity index (χ3v) is 5.33. The number of hydrogen-bond donors (Lipinski definition) is 0. The van der Waals surface area contributed by atoms with Gasteiger partial charge in [0.2, 0.25) is 8.32 Å². The number of methoxy groups -OCH3 is 1. The molecule has 4 heteroatoms. The molecule has 2 nitrogen and oxygen atoms in total. The van der Waals surface area contributed by atoms with Crippen LogP contribution in [0.15, 0.2) is 29.6 Å². The van der Waals surface area contributed by atoms with Gasteiger partial charge in [0, 0.05) is 0 Å². The van der Waals surface area contributed by atoms with Crippen LogP contribution in [0.2, 0.25) is 39.3 Å². The average molecular weight is 295 g/mol. The van der Waals surface area contributed by atoms with E-state index in [0.717, 1.165) is 5.75 Å². The first kappa shape index (κ1) is 16.0. The summed E-state index contributed by atoms with van der Waals surface area (Å²) in [5.74, 6) is 0.887. The van der Waals surface area contributed by atoms with Crippen molar-refractivity contribution in [3.05, 3.63) is 35.2 Å². The van der Waals surface area contributed by atoms with E-state index < -0.39 is 16.4 Å². The van der Waals surface area contributed by atoms with E-state index in [1.165, 1.54) is 10.9 Å². The summed E-state index contributed by atoms with van der Waals surface area (Å²) in [6, 6.07) is 8.13. The minimum atomic E-state index is -1.56. The van der Waals surface area contributed by atoms with E-state index in [0.29, 0.717) is 0 Å². The van der Waals surface area contributed by atoms with Gasteiger partial charge in [0.25, 0.3) is 0 Å². The largest absolute Gasteiger partial charge is 0.551 e. The van der Waals surface area contributed by atoms with Crippen molar-refractivity contribution in [3.8, 4) is 5.75 Å². The molecular formula is C15H26O2Si2. The van der Waals surface area contributed by atoms with Crippen LogP contribution in [0, 0.1) is 0 Å². The number of ether oxygens (including phenoxy) is 1. The van der Waals surface area contributed by atoms with Crippen molar-refractivity contribution in [3.63, 3.8) is 0 Å². The third kappa shape index (κ3) is 5.65. The Morgan fingerprint density at radius 1 is 0.947 bits per heavy atom. The molecule has 0 aliphatic carbocycles. The number of benzene rings is 1. The molecule has 0 aliphatic heterocycles. The molecule has 0 bridgehead atoms. The zero-order chi connectivity index (χ0) is 14.7. The highest BCUT2D eigenvalue weighted by Crippen LogP contribution is 2.24. The van der Waals surface area contributed by atoms with Gasteiger partial charge < -0.3 is 9.16 Å². The zero-order valence-corrected chi connectivity index (χ0v) is 15.2. The molecule has 0 atom stereocenters. The van der Waals surface area contributed by atoms with Crippen LogP contribution in [-0.2, 0) is 4.43 Å². The lowest BCUT2D eigenvalue weighted by Gasteiger charge is -2.29. The molecule has 0 amide bonds. The summed E-state index contributed by atoms with van der Waals surface area (Å²) in [4.78, 5) is 0. The van der Waals surface area contributed by atoms with E-state index in [1.54, 1.807) is 7.11 Å². The van der Waals surface area contributed by atoms with Gasteiger partial charge in [-0.15, -0.1) is 0 Å². The molecule has 1 aromatic carbocycles. The molecule has 0 saturated heterocycles. The SMILES string of the molecule is COc1ccc(/C=C(/O[Si](C)(C)C)[Si](C)(C)C)cc1. The summed E-state index contributed by atoms with van der Waals surface area (Å²) >= 11 is 0. The Labute approximate surface area is 119 Å². The summed E-state index contributed by atoms with van der Waals surface area (Å²) in [5.41, 5.74) is 1.18. The summed E-state index contributed by atoms with van der Waals surface area (Å²) in [5, 5.41) is 1.19. The maximum atomic E-state index is 6.29. The molecule has 0 aromatic heterocycles. The first-order chi connectivity index (χ1) is 8.62. The van der Waals surface area contributed by atoms with Gasteiger partial charge in [-0.05, 0) is 43.4 Å². The monoisotopic (exact) mass is 294 g/mol. The van der Waals surface area contributed by atoms with Crippen LogP contribution in [0.4, 0.5) is 0 Å². The van der Waals surface area contributed by atoms with Crippen molar-refractivity contribution in [2.45, 2.75) is 39.3 Å². The first-order valence-electron chi connectivity index (χ1n) is 6.67. The fraction of sp³-hybridized carbons (Fsp3) is 0.467. The van der Waals surface area contributed by atoms with Gasteiger partial charge in [0.1, 0.15) is 13.8 Å². The van der Waals surface area contributed by atoms with Gasteiger partial charge in [-0.2, -0.15) is 0 Å². The maximum absolute atomic E-state index is 6.29. The van der Waals surface area contributed by atoms with Gasteiger partial charge in [-0.3, -0.25) is 0 Å². The van der Waals surface area contributed by atoms with Gasteiger partial charge in [0.05, 0.1) is 12.5 Å². The Balaban J connectivity index is 3.05. The van der Waals surface area contributed by atoms with Gasteiger partial charge >= 0.3 is 0 Å². The number of rotatable bonds is 5. The second-order valence-corrected chi connectivity index (χ2v) is 16.2. The second kappa shape index (κ2) is 5.97. The molecule has 106 valence electrons. The predicted molar refractivity (Wildman–Crippen MR) is 88.7 cm³/mol.